The van der Waals surface area contributed by atoms with Crippen LogP contribution in [-0.4, -0.2) is 58.5 Å². The Bertz CT molecular complexity index is 977. The average molecular weight is 393 g/mol. The van der Waals surface area contributed by atoms with Gasteiger partial charge < -0.3 is 14.7 Å². The van der Waals surface area contributed by atoms with Crippen LogP contribution in [-0.2, 0) is 0 Å². The van der Waals surface area contributed by atoms with Crippen molar-refractivity contribution >= 4 is 16.7 Å². The third-order valence-electron chi connectivity index (χ3n) is 5.64. The molecule has 0 amide bonds. The highest BCUT2D eigenvalue weighted by Crippen LogP contribution is 2.27. The lowest BCUT2D eigenvalue weighted by atomic mass is 10.1. The number of benzene rings is 2. The number of rotatable bonds is 5. The largest absolute Gasteiger partial charge is 0.472 e. The van der Waals surface area contributed by atoms with Gasteiger partial charge in [0, 0.05) is 31.9 Å². The molecule has 6 heteroatoms. The first-order valence-corrected chi connectivity index (χ1v) is 10.1. The van der Waals surface area contributed by atoms with Crippen LogP contribution in [0.5, 0.6) is 5.88 Å². The number of para-hydroxylation sites is 3. The third kappa shape index (κ3) is 4.18. The van der Waals surface area contributed by atoms with Crippen LogP contribution in [0, 0.1) is 13.8 Å². The average Bonchev–Trinajstić information content (AvgIpc) is 2.72. The van der Waals surface area contributed by atoms with Crippen LogP contribution in [0.25, 0.3) is 11.0 Å². The van der Waals surface area contributed by atoms with Gasteiger partial charge in [-0.15, -0.1) is 0 Å². The van der Waals surface area contributed by atoms with E-state index < -0.39 is 5.72 Å². The van der Waals surface area contributed by atoms with E-state index in [-0.39, 0.29) is 6.61 Å². The zero-order chi connectivity index (χ0) is 20.4. The first-order chi connectivity index (χ1) is 13.9. The number of aryl methyl sites for hydroxylation is 2. The Labute approximate surface area is 171 Å². The Kier molecular flexibility index (Phi) is 5.39. The van der Waals surface area contributed by atoms with Gasteiger partial charge in [0.15, 0.2) is 0 Å². The summed E-state index contributed by atoms with van der Waals surface area (Å²) in [6.45, 7) is 9.54. The summed E-state index contributed by atoms with van der Waals surface area (Å²) in [6, 6.07) is 14.1. The molecule has 29 heavy (non-hydrogen) atoms. The second kappa shape index (κ2) is 7.97. The summed E-state index contributed by atoms with van der Waals surface area (Å²) < 4.78 is 5.80. The number of hydrogen-bond acceptors (Lipinski definition) is 6. The summed E-state index contributed by atoms with van der Waals surface area (Å²) in [5, 5.41) is 11.0. The fourth-order valence-electron chi connectivity index (χ4n) is 4.03. The zero-order valence-electron chi connectivity index (χ0n) is 17.3. The van der Waals surface area contributed by atoms with Gasteiger partial charge in [-0.2, -0.15) is 0 Å². The zero-order valence-corrected chi connectivity index (χ0v) is 17.3. The molecule has 1 N–H and O–H groups in total. The van der Waals surface area contributed by atoms with E-state index in [1.54, 1.807) is 13.1 Å². The molecule has 3 aromatic rings. The van der Waals surface area contributed by atoms with Crippen molar-refractivity contribution in [3.8, 4) is 5.88 Å². The maximum absolute atomic E-state index is 11.0. The van der Waals surface area contributed by atoms with E-state index in [0.717, 1.165) is 37.2 Å². The molecule has 1 aromatic heterocycles. The predicted molar refractivity (Wildman–Crippen MR) is 115 cm³/mol. The Balaban J connectivity index is 1.38. The van der Waals surface area contributed by atoms with Crippen molar-refractivity contribution in [3.63, 3.8) is 0 Å². The number of hydrogen-bond donors (Lipinski definition) is 1. The van der Waals surface area contributed by atoms with E-state index in [1.165, 1.54) is 16.8 Å². The summed E-state index contributed by atoms with van der Waals surface area (Å²) in [6.07, 6.45) is 1.61. The monoisotopic (exact) mass is 392 g/mol. The van der Waals surface area contributed by atoms with E-state index >= 15 is 0 Å². The molecule has 1 unspecified atom stereocenters. The van der Waals surface area contributed by atoms with Gasteiger partial charge in [-0.1, -0.05) is 30.3 Å². The topological polar surface area (TPSA) is 61.7 Å². The molecule has 0 spiro atoms. The maximum atomic E-state index is 11.0. The van der Waals surface area contributed by atoms with E-state index in [9.17, 15) is 5.11 Å². The van der Waals surface area contributed by atoms with Crippen molar-refractivity contribution in [1.82, 2.24) is 14.9 Å². The molecule has 1 saturated heterocycles. The molecule has 1 aliphatic heterocycles. The normalized spacial score (nSPS) is 17.3. The molecule has 1 fully saturated rings. The summed E-state index contributed by atoms with van der Waals surface area (Å²) in [5.41, 5.74) is 4.45. The lowest BCUT2D eigenvalue weighted by molar-refractivity contribution is -0.121. The number of nitrogens with zero attached hydrogens (tertiary/aromatic N) is 4. The number of anilines is 1. The van der Waals surface area contributed by atoms with Crippen molar-refractivity contribution in [2.24, 2.45) is 0 Å². The van der Waals surface area contributed by atoms with Crippen LogP contribution in [0.15, 0.2) is 48.7 Å². The fourth-order valence-corrected chi connectivity index (χ4v) is 4.03. The van der Waals surface area contributed by atoms with E-state index in [4.69, 9.17) is 4.74 Å². The Morgan fingerprint density at radius 1 is 0.966 bits per heavy atom. The first kappa shape index (κ1) is 19.6. The van der Waals surface area contributed by atoms with Crippen molar-refractivity contribution in [2.75, 3.05) is 37.7 Å². The van der Waals surface area contributed by atoms with E-state index in [2.05, 4.69) is 51.8 Å². The number of ether oxygens (including phenoxy) is 1. The standard InChI is InChI=1S/C23H28N4O2/c1-17-7-6-8-18(2)22(17)26-11-13-27(14-12-26)23(3,28)16-29-21-15-24-19-9-4-5-10-20(19)25-21/h4-10,15,28H,11-14,16H2,1-3H3. The molecular weight excluding hydrogens is 364 g/mol. The van der Waals surface area contributed by atoms with E-state index in [0.29, 0.717) is 5.88 Å². The van der Waals surface area contributed by atoms with Crippen molar-refractivity contribution in [1.29, 1.82) is 0 Å². The Morgan fingerprint density at radius 3 is 2.31 bits per heavy atom. The summed E-state index contributed by atoms with van der Waals surface area (Å²) >= 11 is 0. The van der Waals surface area contributed by atoms with Crippen LogP contribution in [0.4, 0.5) is 5.69 Å². The molecule has 152 valence electrons. The lowest BCUT2D eigenvalue weighted by Crippen LogP contribution is -2.58. The van der Waals surface area contributed by atoms with E-state index in [1.807, 2.05) is 24.3 Å². The second-order valence-corrected chi connectivity index (χ2v) is 7.92. The molecule has 2 aromatic carbocycles. The number of piperazine rings is 1. The van der Waals surface area contributed by atoms with Crippen LogP contribution in [0.1, 0.15) is 18.1 Å². The minimum atomic E-state index is -1.07. The van der Waals surface area contributed by atoms with Gasteiger partial charge in [-0.25, -0.2) is 9.97 Å². The summed E-state index contributed by atoms with van der Waals surface area (Å²) in [4.78, 5) is 13.3. The lowest BCUT2D eigenvalue weighted by Gasteiger charge is -2.43. The number of aliphatic hydroxyl groups is 1. The predicted octanol–water partition coefficient (Wildman–Crippen LogP) is 3.16. The van der Waals surface area contributed by atoms with Gasteiger partial charge in [0.05, 0.1) is 17.2 Å². The van der Waals surface area contributed by atoms with Gasteiger partial charge in [0.2, 0.25) is 5.88 Å². The Hall–Kier alpha value is -2.70. The maximum Gasteiger partial charge on any atom is 0.233 e. The van der Waals surface area contributed by atoms with Gasteiger partial charge in [0.25, 0.3) is 0 Å². The van der Waals surface area contributed by atoms with Gasteiger partial charge in [-0.3, -0.25) is 4.90 Å². The molecule has 1 aliphatic rings. The molecule has 0 bridgehead atoms. The summed E-state index contributed by atoms with van der Waals surface area (Å²) in [7, 11) is 0. The van der Waals surface area contributed by atoms with Crippen LogP contribution in [0.2, 0.25) is 0 Å². The molecular formula is C23H28N4O2. The Morgan fingerprint density at radius 2 is 1.62 bits per heavy atom. The van der Waals surface area contributed by atoms with Gasteiger partial charge >= 0.3 is 0 Å². The highest BCUT2D eigenvalue weighted by Gasteiger charge is 2.33. The fraction of sp³-hybridized carbons (Fsp3) is 0.391. The van der Waals surface area contributed by atoms with Crippen LogP contribution < -0.4 is 9.64 Å². The molecule has 2 heterocycles. The molecule has 1 atom stereocenters. The van der Waals surface area contributed by atoms with Crippen molar-refractivity contribution in [2.45, 2.75) is 26.5 Å². The number of fused-ring (bicyclic) bond motifs is 1. The summed E-state index contributed by atoms with van der Waals surface area (Å²) in [5.74, 6) is 0.429. The van der Waals surface area contributed by atoms with Crippen molar-refractivity contribution in [3.05, 3.63) is 59.8 Å². The highest BCUT2D eigenvalue weighted by atomic mass is 16.5. The first-order valence-electron chi connectivity index (χ1n) is 10.1. The highest BCUT2D eigenvalue weighted by molar-refractivity contribution is 5.73. The smallest absolute Gasteiger partial charge is 0.233 e. The minimum Gasteiger partial charge on any atom is -0.472 e. The molecule has 6 nitrogen and oxygen atoms in total. The van der Waals surface area contributed by atoms with Crippen LogP contribution in [0.3, 0.4) is 0 Å². The van der Waals surface area contributed by atoms with Gasteiger partial charge in [-0.05, 0) is 44.0 Å². The third-order valence-corrected chi connectivity index (χ3v) is 5.64. The van der Waals surface area contributed by atoms with Crippen LogP contribution >= 0.6 is 0 Å². The molecule has 0 radical (unpaired) electrons. The quantitative estimate of drug-likeness (QED) is 0.720. The second-order valence-electron chi connectivity index (χ2n) is 7.92. The molecule has 4 rings (SSSR count). The SMILES string of the molecule is Cc1cccc(C)c1N1CCN(C(C)(O)COc2cnc3ccccc3n2)CC1. The molecule has 0 aliphatic carbocycles. The minimum absolute atomic E-state index is 0.142. The van der Waals surface area contributed by atoms with Gasteiger partial charge in [0.1, 0.15) is 12.3 Å². The van der Waals surface area contributed by atoms with Crippen molar-refractivity contribution < 1.29 is 9.84 Å². The number of aromatic nitrogens is 2. The molecule has 0 saturated carbocycles.